The highest BCUT2D eigenvalue weighted by Gasteiger charge is 2.44. The average Bonchev–Trinajstić information content (AvgIpc) is 3.45. The third-order valence-corrected chi connectivity index (χ3v) is 11.7. The minimum absolute atomic E-state index is 0.0342. The molecule has 0 aromatic rings. The molecule has 0 spiro atoms. The Bertz CT molecular complexity index is 1360. The molecule has 0 aromatic heterocycles. The Hall–Kier alpha value is -3.44. The molecule has 1 aliphatic carbocycles. The smallest absolute Gasteiger partial charge is 0.315 e. The molecule has 3 fully saturated rings. The average molecular weight is 705 g/mol. The van der Waals surface area contributed by atoms with Gasteiger partial charge in [-0.3, -0.25) is 19.2 Å². The molecular weight excluding hydrogens is 648 g/mol. The number of ketones is 1. The number of nitrogens with one attached hydrogen (secondary N) is 4. The summed E-state index contributed by atoms with van der Waals surface area (Å²) in [5.74, 6) is -0.314. The van der Waals surface area contributed by atoms with Crippen LogP contribution in [0.25, 0.3) is 0 Å². The van der Waals surface area contributed by atoms with E-state index >= 15 is 0 Å². The predicted molar refractivity (Wildman–Crippen MR) is 187 cm³/mol. The van der Waals surface area contributed by atoms with Crippen molar-refractivity contribution < 1.29 is 32.4 Å². The van der Waals surface area contributed by atoms with Gasteiger partial charge in [-0.25, -0.2) is 13.2 Å². The van der Waals surface area contributed by atoms with E-state index in [2.05, 4.69) is 33.8 Å². The second-order valence-corrected chi connectivity index (χ2v) is 16.9. The monoisotopic (exact) mass is 704 g/mol. The fourth-order valence-electron chi connectivity index (χ4n) is 6.87. The van der Waals surface area contributed by atoms with Gasteiger partial charge in [0.2, 0.25) is 27.6 Å². The summed E-state index contributed by atoms with van der Waals surface area (Å²) in [6.45, 7) is 12.1. The Morgan fingerprint density at radius 2 is 1.71 bits per heavy atom. The lowest BCUT2D eigenvalue weighted by Gasteiger charge is -2.38. The molecule has 2 aliphatic heterocycles. The van der Waals surface area contributed by atoms with Crippen molar-refractivity contribution in [2.24, 2.45) is 17.3 Å². The molecule has 1 unspecified atom stereocenters. The fourth-order valence-corrected chi connectivity index (χ4v) is 8.48. The van der Waals surface area contributed by atoms with Crippen LogP contribution in [0.4, 0.5) is 4.79 Å². The molecule has 14 heteroatoms. The van der Waals surface area contributed by atoms with Crippen LogP contribution in [0.5, 0.6) is 0 Å². The molecule has 274 valence electrons. The number of likely N-dealkylation sites (tertiary alicyclic amines) is 1. The Labute approximate surface area is 292 Å². The third-order valence-electron chi connectivity index (χ3n) is 9.80. The van der Waals surface area contributed by atoms with Gasteiger partial charge >= 0.3 is 6.03 Å². The number of terminal acetylenes is 1. The van der Waals surface area contributed by atoms with Gasteiger partial charge in [0.15, 0.2) is 0 Å². The van der Waals surface area contributed by atoms with Crippen LogP contribution in [0, 0.1) is 29.6 Å². The Morgan fingerprint density at radius 3 is 2.33 bits per heavy atom. The first kappa shape index (κ1) is 40.0. The van der Waals surface area contributed by atoms with Crippen molar-refractivity contribution in [1.82, 2.24) is 30.5 Å². The van der Waals surface area contributed by atoms with E-state index in [1.54, 1.807) is 0 Å². The van der Waals surface area contributed by atoms with E-state index in [-0.39, 0.29) is 56.0 Å². The first-order valence-electron chi connectivity index (χ1n) is 17.6. The second kappa shape index (κ2) is 18.0. The van der Waals surface area contributed by atoms with Crippen LogP contribution in [0.1, 0.15) is 91.9 Å². The normalized spacial score (nSPS) is 23.3. The summed E-state index contributed by atoms with van der Waals surface area (Å²) in [4.78, 5) is 68.7. The van der Waals surface area contributed by atoms with Crippen LogP contribution in [-0.4, -0.2) is 103 Å². The lowest BCUT2D eigenvalue weighted by molar-refractivity contribution is -0.143. The molecule has 2 saturated heterocycles. The first-order valence-corrected chi connectivity index (χ1v) is 19.2. The van der Waals surface area contributed by atoms with Gasteiger partial charge in [-0.05, 0) is 55.8 Å². The van der Waals surface area contributed by atoms with Gasteiger partial charge in [-0.1, -0.05) is 53.0 Å². The fraction of sp³-hybridized carbons (Fsp3) is 0.743. The van der Waals surface area contributed by atoms with Crippen LogP contribution in [0.3, 0.4) is 0 Å². The molecular formula is C35H56N6O7S. The molecule has 4 N–H and O–H groups in total. The van der Waals surface area contributed by atoms with Crippen molar-refractivity contribution in [1.29, 1.82) is 0 Å². The lowest BCUT2D eigenvalue weighted by Crippen LogP contribution is -2.61. The minimum atomic E-state index is -3.42. The number of carbonyl (C=O) groups is 5. The zero-order valence-electron chi connectivity index (χ0n) is 29.6. The maximum absolute atomic E-state index is 14.4. The van der Waals surface area contributed by atoms with Crippen molar-refractivity contribution in [3.8, 4) is 12.3 Å². The number of sulfonamides is 1. The van der Waals surface area contributed by atoms with Gasteiger partial charge in [-0.2, -0.15) is 4.31 Å². The molecule has 3 rings (SSSR count). The number of hydrogen-bond donors (Lipinski definition) is 4. The molecule has 13 nitrogen and oxygen atoms in total. The highest BCUT2D eigenvalue weighted by Crippen LogP contribution is 2.31. The van der Waals surface area contributed by atoms with Crippen molar-refractivity contribution in [3.63, 3.8) is 0 Å². The number of hydrogen-bond acceptors (Lipinski definition) is 7. The maximum atomic E-state index is 14.4. The highest BCUT2D eigenvalue weighted by molar-refractivity contribution is 7.89. The van der Waals surface area contributed by atoms with Gasteiger partial charge in [0.05, 0.1) is 11.8 Å². The first-order chi connectivity index (χ1) is 23.1. The van der Waals surface area contributed by atoms with Gasteiger partial charge in [-0.15, -0.1) is 18.9 Å². The molecule has 5 atom stereocenters. The van der Waals surface area contributed by atoms with Gasteiger partial charge in [0, 0.05) is 38.6 Å². The summed E-state index contributed by atoms with van der Waals surface area (Å²) >= 11 is 0. The minimum Gasteiger partial charge on any atom is -0.346 e. The summed E-state index contributed by atoms with van der Waals surface area (Å²) in [6.07, 6.45) is 13.1. The number of Topliss-reactive ketones (excluding diaryl/α,β-unsaturated/α-hetero) is 1. The van der Waals surface area contributed by atoms with Crippen LogP contribution in [0.15, 0.2) is 12.7 Å². The standard InChI is InChI=1S/C35H56N6O7S/c1-7-9-17-26(30(42)32(44)36-18-8-2)37-31(43)27-21-24(3)22-41(27)33(45)29(25-15-11-10-12-16-25)39-34(46)38-28(35(4,5)6)23-40-19-13-14-20-49(40,47)48/h1,8,24-29H,2,9-23H2,3-6H3,(H,36,44)(H,37,43)(H2,38,39,46)/t24-,26?,27+,28-,29+/m1/s1. The van der Waals surface area contributed by atoms with E-state index in [0.29, 0.717) is 19.4 Å². The summed E-state index contributed by atoms with van der Waals surface area (Å²) in [5.41, 5.74) is -0.488. The molecule has 2 heterocycles. The molecule has 0 aromatic carbocycles. The number of rotatable bonds is 14. The van der Waals surface area contributed by atoms with Crippen molar-refractivity contribution in [2.45, 2.75) is 116 Å². The van der Waals surface area contributed by atoms with E-state index in [1.807, 2.05) is 27.7 Å². The summed E-state index contributed by atoms with van der Waals surface area (Å²) < 4.78 is 27.0. The van der Waals surface area contributed by atoms with Gasteiger partial charge < -0.3 is 26.2 Å². The third kappa shape index (κ3) is 11.3. The van der Waals surface area contributed by atoms with Crippen LogP contribution in [0.2, 0.25) is 0 Å². The second-order valence-electron chi connectivity index (χ2n) is 14.8. The molecule has 5 amide bonds. The van der Waals surface area contributed by atoms with E-state index < -0.39 is 63.2 Å². The van der Waals surface area contributed by atoms with E-state index in [0.717, 1.165) is 38.5 Å². The number of amides is 5. The largest absolute Gasteiger partial charge is 0.346 e. The zero-order chi connectivity index (χ0) is 36.4. The molecule has 3 aliphatic rings. The van der Waals surface area contributed by atoms with Crippen molar-refractivity contribution in [2.75, 3.05) is 31.9 Å². The summed E-state index contributed by atoms with van der Waals surface area (Å²) in [5, 5.41) is 11.0. The molecule has 1 saturated carbocycles. The number of urea groups is 1. The molecule has 0 radical (unpaired) electrons. The lowest BCUT2D eigenvalue weighted by atomic mass is 9.83. The quantitative estimate of drug-likeness (QED) is 0.122. The van der Waals surface area contributed by atoms with Crippen LogP contribution >= 0.6 is 0 Å². The van der Waals surface area contributed by atoms with Crippen LogP contribution < -0.4 is 21.3 Å². The van der Waals surface area contributed by atoms with Crippen molar-refractivity contribution >= 4 is 39.6 Å². The zero-order valence-corrected chi connectivity index (χ0v) is 30.4. The predicted octanol–water partition coefficient (Wildman–Crippen LogP) is 2.08. The van der Waals surface area contributed by atoms with E-state index in [1.165, 1.54) is 15.3 Å². The summed E-state index contributed by atoms with van der Waals surface area (Å²) in [7, 11) is -3.42. The maximum Gasteiger partial charge on any atom is 0.315 e. The Kier molecular flexibility index (Phi) is 14.7. The van der Waals surface area contributed by atoms with E-state index in [4.69, 9.17) is 6.42 Å². The van der Waals surface area contributed by atoms with Gasteiger partial charge in [0.1, 0.15) is 12.1 Å². The SMILES string of the molecule is C#CCCC(NC(=O)[C@@H]1C[C@@H](C)CN1C(=O)[C@@H](NC(=O)N[C@H](CN1CCCCS1(=O)=O)C(C)(C)C)C1CCCCC1)C(=O)C(=O)NCC=C. The van der Waals surface area contributed by atoms with E-state index in [9.17, 15) is 32.4 Å². The van der Waals surface area contributed by atoms with Crippen LogP contribution in [-0.2, 0) is 29.2 Å². The van der Waals surface area contributed by atoms with Gasteiger partial charge in [0.25, 0.3) is 5.91 Å². The van der Waals surface area contributed by atoms with Crippen molar-refractivity contribution in [3.05, 3.63) is 12.7 Å². The summed E-state index contributed by atoms with van der Waals surface area (Å²) in [6, 6.07) is -4.10. The number of nitrogens with zero attached hydrogens (tertiary/aromatic N) is 2. The molecule has 49 heavy (non-hydrogen) atoms. The Balaban J connectivity index is 1.81. The topological polar surface area (TPSA) is 174 Å². The number of carbonyl (C=O) groups excluding carboxylic acids is 5. The molecule has 0 bridgehead atoms. The highest BCUT2D eigenvalue weighted by atomic mass is 32.2. The Morgan fingerprint density at radius 1 is 1.02 bits per heavy atom.